The second kappa shape index (κ2) is 4.01. The number of hydrogen-bond donors (Lipinski definition) is 1. The lowest BCUT2D eigenvalue weighted by Crippen LogP contribution is -2.18. The molecular formula is C7H14N2. The standard InChI is InChI=1S/C7H14N2/c1-4-9(6-5-8)7(2)3/h4-7H,1,8H2,2-3H3/b6-5-. The van der Waals surface area contributed by atoms with Crippen molar-refractivity contribution in [3.63, 3.8) is 0 Å². The monoisotopic (exact) mass is 126 g/mol. The highest BCUT2D eigenvalue weighted by atomic mass is 15.1. The van der Waals surface area contributed by atoms with Crippen molar-refractivity contribution in [2.24, 2.45) is 5.73 Å². The first-order chi connectivity index (χ1) is 4.22. The highest BCUT2D eigenvalue weighted by Crippen LogP contribution is 1.96. The van der Waals surface area contributed by atoms with Crippen molar-refractivity contribution in [1.82, 2.24) is 4.90 Å². The SMILES string of the molecule is C=CN(/C=C\N)C(C)C. The molecule has 0 aliphatic rings. The van der Waals surface area contributed by atoms with Crippen LogP contribution in [0.2, 0.25) is 0 Å². The van der Waals surface area contributed by atoms with Gasteiger partial charge in [-0.3, -0.25) is 0 Å². The number of hydrogen-bond acceptors (Lipinski definition) is 2. The molecule has 2 nitrogen and oxygen atoms in total. The molecule has 0 aromatic heterocycles. The maximum Gasteiger partial charge on any atom is 0.0274 e. The van der Waals surface area contributed by atoms with Crippen molar-refractivity contribution in [3.05, 3.63) is 25.2 Å². The molecule has 0 rings (SSSR count). The van der Waals surface area contributed by atoms with Gasteiger partial charge in [-0.15, -0.1) is 0 Å². The summed E-state index contributed by atoms with van der Waals surface area (Å²) in [6.45, 7) is 7.76. The molecule has 0 unspecified atom stereocenters. The molecular weight excluding hydrogens is 112 g/mol. The van der Waals surface area contributed by atoms with Crippen LogP contribution < -0.4 is 5.73 Å². The van der Waals surface area contributed by atoms with Gasteiger partial charge in [0.2, 0.25) is 0 Å². The molecule has 0 aliphatic carbocycles. The van der Waals surface area contributed by atoms with Crippen molar-refractivity contribution in [2.75, 3.05) is 0 Å². The van der Waals surface area contributed by atoms with E-state index < -0.39 is 0 Å². The summed E-state index contributed by atoms with van der Waals surface area (Å²) in [4.78, 5) is 1.93. The lowest BCUT2D eigenvalue weighted by molar-refractivity contribution is 0.417. The average Bonchev–Trinajstić information content (AvgIpc) is 1.82. The largest absolute Gasteiger partial charge is 0.403 e. The third-order valence-corrected chi connectivity index (χ3v) is 1.07. The van der Waals surface area contributed by atoms with Crippen molar-refractivity contribution < 1.29 is 0 Å². The summed E-state index contributed by atoms with van der Waals surface area (Å²) in [5.41, 5.74) is 5.17. The zero-order chi connectivity index (χ0) is 7.28. The zero-order valence-corrected chi connectivity index (χ0v) is 6.04. The first kappa shape index (κ1) is 8.08. The molecule has 0 aromatic carbocycles. The Morgan fingerprint density at radius 1 is 1.56 bits per heavy atom. The molecule has 0 bridgehead atoms. The third kappa shape index (κ3) is 2.80. The number of rotatable bonds is 3. The fourth-order valence-corrected chi connectivity index (χ4v) is 0.543. The van der Waals surface area contributed by atoms with Gasteiger partial charge >= 0.3 is 0 Å². The maximum absolute atomic E-state index is 5.17. The number of nitrogens with two attached hydrogens (primary N) is 1. The van der Waals surface area contributed by atoms with Crippen LogP contribution in [0.15, 0.2) is 25.2 Å². The summed E-state index contributed by atoms with van der Waals surface area (Å²) in [7, 11) is 0. The topological polar surface area (TPSA) is 29.3 Å². The second-order valence-electron chi connectivity index (χ2n) is 2.07. The second-order valence-corrected chi connectivity index (χ2v) is 2.07. The molecule has 0 aliphatic heterocycles. The van der Waals surface area contributed by atoms with E-state index >= 15 is 0 Å². The van der Waals surface area contributed by atoms with Gasteiger partial charge in [0.15, 0.2) is 0 Å². The van der Waals surface area contributed by atoms with Crippen LogP contribution in [0.5, 0.6) is 0 Å². The third-order valence-electron chi connectivity index (χ3n) is 1.07. The quantitative estimate of drug-likeness (QED) is 0.617. The van der Waals surface area contributed by atoms with Gasteiger partial charge in [0, 0.05) is 18.4 Å². The van der Waals surface area contributed by atoms with Crippen LogP contribution >= 0.6 is 0 Å². The Kier molecular flexibility index (Phi) is 3.60. The van der Waals surface area contributed by atoms with E-state index in [0.29, 0.717) is 6.04 Å². The summed E-state index contributed by atoms with van der Waals surface area (Å²) in [5, 5.41) is 0. The van der Waals surface area contributed by atoms with Crippen molar-refractivity contribution in [1.29, 1.82) is 0 Å². The van der Waals surface area contributed by atoms with Gasteiger partial charge in [0.05, 0.1) is 0 Å². The average molecular weight is 126 g/mol. The molecule has 0 radical (unpaired) electrons. The summed E-state index contributed by atoms with van der Waals surface area (Å²) in [6, 6.07) is 0.433. The Balaban J connectivity index is 3.82. The van der Waals surface area contributed by atoms with E-state index in [4.69, 9.17) is 5.73 Å². The van der Waals surface area contributed by atoms with Crippen LogP contribution in [-0.4, -0.2) is 10.9 Å². The van der Waals surface area contributed by atoms with Crippen LogP contribution in [0.1, 0.15) is 13.8 Å². The normalized spacial score (nSPS) is 10.6. The van der Waals surface area contributed by atoms with E-state index in [1.165, 1.54) is 6.20 Å². The molecule has 0 saturated carbocycles. The molecule has 52 valence electrons. The molecule has 9 heavy (non-hydrogen) atoms. The Morgan fingerprint density at radius 3 is 2.22 bits per heavy atom. The van der Waals surface area contributed by atoms with Crippen LogP contribution in [0.4, 0.5) is 0 Å². The van der Waals surface area contributed by atoms with Crippen molar-refractivity contribution in [3.8, 4) is 0 Å². The fraction of sp³-hybridized carbons (Fsp3) is 0.429. The maximum atomic E-state index is 5.17. The lowest BCUT2D eigenvalue weighted by atomic mass is 10.3. The van der Waals surface area contributed by atoms with Crippen LogP contribution in [0.3, 0.4) is 0 Å². The fourth-order valence-electron chi connectivity index (χ4n) is 0.543. The van der Waals surface area contributed by atoms with Gasteiger partial charge in [0.1, 0.15) is 0 Å². The minimum Gasteiger partial charge on any atom is -0.403 e. The minimum atomic E-state index is 0.433. The molecule has 0 amide bonds. The highest BCUT2D eigenvalue weighted by molar-refractivity contribution is 4.86. The van der Waals surface area contributed by atoms with E-state index in [-0.39, 0.29) is 0 Å². The Hall–Kier alpha value is -0.920. The number of nitrogens with zero attached hydrogens (tertiary/aromatic N) is 1. The van der Waals surface area contributed by atoms with Crippen LogP contribution in [-0.2, 0) is 0 Å². The van der Waals surface area contributed by atoms with Gasteiger partial charge in [-0.05, 0) is 20.0 Å². The van der Waals surface area contributed by atoms with Gasteiger partial charge in [-0.25, -0.2) is 0 Å². The van der Waals surface area contributed by atoms with E-state index in [9.17, 15) is 0 Å². The van der Waals surface area contributed by atoms with E-state index in [0.717, 1.165) is 0 Å². The minimum absolute atomic E-state index is 0.433. The predicted molar refractivity (Wildman–Crippen MR) is 40.5 cm³/mol. The summed E-state index contributed by atoms with van der Waals surface area (Å²) < 4.78 is 0. The Morgan fingerprint density at radius 2 is 2.11 bits per heavy atom. The Labute approximate surface area is 56.6 Å². The lowest BCUT2D eigenvalue weighted by Gasteiger charge is -2.18. The van der Waals surface area contributed by atoms with Gasteiger partial charge in [0.25, 0.3) is 0 Å². The van der Waals surface area contributed by atoms with Crippen LogP contribution in [0, 0.1) is 0 Å². The van der Waals surface area contributed by atoms with Gasteiger partial charge in [-0.1, -0.05) is 6.58 Å². The molecule has 0 fully saturated rings. The van der Waals surface area contributed by atoms with Crippen molar-refractivity contribution >= 4 is 0 Å². The predicted octanol–water partition coefficient (Wildman–Crippen LogP) is 1.27. The molecule has 2 N–H and O–H groups in total. The van der Waals surface area contributed by atoms with Crippen LogP contribution in [0.25, 0.3) is 0 Å². The summed E-state index contributed by atoms with van der Waals surface area (Å²) >= 11 is 0. The van der Waals surface area contributed by atoms with E-state index in [2.05, 4.69) is 20.4 Å². The summed E-state index contributed by atoms with van der Waals surface area (Å²) in [5.74, 6) is 0. The van der Waals surface area contributed by atoms with E-state index in [1.807, 2.05) is 4.90 Å². The van der Waals surface area contributed by atoms with Gasteiger partial charge < -0.3 is 10.6 Å². The first-order valence-corrected chi connectivity index (χ1v) is 3.00. The molecule has 0 aromatic rings. The zero-order valence-electron chi connectivity index (χ0n) is 6.04. The molecule has 0 atom stereocenters. The highest BCUT2D eigenvalue weighted by Gasteiger charge is 1.95. The molecule has 2 heteroatoms. The van der Waals surface area contributed by atoms with E-state index in [1.54, 1.807) is 12.4 Å². The molecule has 0 saturated heterocycles. The first-order valence-electron chi connectivity index (χ1n) is 3.00. The van der Waals surface area contributed by atoms with Gasteiger partial charge in [-0.2, -0.15) is 0 Å². The summed E-state index contributed by atoms with van der Waals surface area (Å²) in [6.07, 6.45) is 5.04. The molecule has 0 spiro atoms. The molecule has 0 heterocycles. The van der Waals surface area contributed by atoms with Crippen molar-refractivity contribution in [2.45, 2.75) is 19.9 Å². The Bertz CT molecular complexity index is 105. The smallest absolute Gasteiger partial charge is 0.0274 e.